The second-order valence-corrected chi connectivity index (χ2v) is 4.75. The minimum absolute atomic E-state index is 0.577. The Hall–Kier alpha value is -1.02. The van der Waals surface area contributed by atoms with Crippen molar-refractivity contribution in [1.82, 2.24) is 5.32 Å². The Bertz CT molecular complexity index is 313. The van der Waals surface area contributed by atoms with Gasteiger partial charge in [0.1, 0.15) is 0 Å². The van der Waals surface area contributed by atoms with Crippen molar-refractivity contribution in [2.75, 3.05) is 25.5 Å². The predicted octanol–water partition coefficient (Wildman–Crippen LogP) is 2.74. The largest absolute Gasteiger partial charge is 0.375 e. The number of hydrogen-bond donors (Lipinski definition) is 1. The van der Waals surface area contributed by atoms with Crippen LogP contribution >= 0.6 is 0 Å². The monoisotopic (exact) mass is 220 g/mol. The highest BCUT2D eigenvalue weighted by atomic mass is 15.1. The van der Waals surface area contributed by atoms with Crippen molar-refractivity contribution >= 4 is 5.69 Å². The average Bonchev–Trinajstić information content (AvgIpc) is 2.23. The van der Waals surface area contributed by atoms with Gasteiger partial charge in [0.15, 0.2) is 0 Å². The topological polar surface area (TPSA) is 15.3 Å². The van der Waals surface area contributed by atoms with Gasteiger partial charge in [0.05, 0.1) is 0 Å². The maximum absolute atomic E-state index is 3.27. The van der Waals surface area contributed by atoms with Gasteiger partial charge in [0, 0.05) is 25.3 Å². The van der Waals surface area contributed by atoms with Gasteiger partial charge in [-0.1, -0.05) is 6.07 Å². The molecule has 0 radical (unpaired) electrons. The zero-order valence-electron chi connectivity index (χ0n) is 11.2. The van der Waals surface area contributed by atoms with E-state index in [-0.39, 0.29) is 0 Å². The molecule has 0 aliphatic rings. The molecule has 0 aliphatic heterocycles. The first-order valence-electron chi connectivity index (χ1n) is 5.99. The van der Waals surface area contributed by atoms with E-state index >= 15 is 0 Å². The van der Waals surface area contributed by atoms with Crippen LogP contribution in [0.5, 0.6) is 0 Å². The van der Waals surface area contributed by atoms with Gasteiger partial charge >= 0.3 is 0 Å². The summed E-state index contributed by atoms with van der Waals surface area (Å²) in [6.07, 6.45) is 1.17. The maximum atomic E-state index is 3.27. The zero-order chi connectivity index (χ0) is 12.1. The van der Waals surface area contributed by atoms with Crippen LogP contribution in [0.2, 0.25) is 0 Å². The van der Waals surface area contributed by atoms with Crippen LogP contribution < -0.4 is 10.2 Å². The van der Waals surface area contributed by atoms with E-state index in [2.05, 4.69) is 56.2 Å². The molecule has 1 atom stereocenters. The average molecular weight is 220 g/mol. The fourth-order valence-corrected chi connectivity index (χ4v) is 1.83. The minimum atomic E-state index is 0.577. The Morgan fingerprint density at radius 1 is 1.19 bits per heavy atom. The molecule has 2 heteroatoms. The Balaban J connectivity index is 2.62. The fraction of sp³-hybridized carbons (Fsp3) is 0.571. The summed E-state index contributed by atoms with van der Waals surface area (Å²) in [6, 6.07) is 7.29. The highest BCUT2D eigenvalue weighted by Crippen LogP contribution is 2.17. The first-order valence-corrected chi connectivity index (χ1v) is 5.99. The van der Waals surface area contributed by atoms with Gasteiger partial charge in [-0.15, -0.1) is 0 Å². The molecule has 1 aromatic carbocycles. The molecule has 0 heterocycles. The maximum Gasteiger partial charge on any atom is 0.0368 e. The van der Waals surface area contributed by atoms with Gasteiger partial charge in [-0.2, -0.15) is 0 Å². The molecule has 1 unspecified atom stereocenters. The standard InChI is InChI=1S/C14H24N2/c1-11-8-12(2)10-14(9-11)16(5)7-6-13(3)15-4/h8-10,13,15H,6-7H2,1-5H3. The van der Waals surface area contributed by atoms with E-state index < -0.39 is 0 Å². The number of anilines is 1. The molecule has 1 N–H and O–H groups in total. The second kappa shape index (κ2) is 5.90. The predicted molar refractivity (Wildman–Crippen MR) is 72.3 cm³/mol. The van der Waals surface area contributed by atoms with Crippen molar-refractivity contribution in [3.63, 3.8) is 0 Å². The Labute approximate surface area is 99.7 Å². The molecule has 0 saturated heterocycles. The molecule has 0 aliphatic carbocycles. The number of hydrogen-bond acceptors (Lipinski definition) is 2. The number of aryl methyl sites for hydroxylation is 2. The summed E-state index contributed by atoms with van der Waals surface area (Å²) in [4.78, 5) is 2.33. The Morgan fingerprint density at radius 2 is 1.75 bits per heavy atom. The summed E-state index contributed by atoms with van der Waals surface area (Å²) < 4.78 is 0. The van der Waals surface area contributed by atoms with E-state index in [1.165, 1.54) is 23.2 Å². The fourth-order valence-electron chi connectivity index (χ4n) is 1.83. The SMILES string of the molecule is CNC(C)CCN(C)c1cc(C)cc(C)c1. The van der Waals surface area contributed by atoms with Crippen molar-refractivity contribution in [3.05, 3.63) is 29.3 Å². The normalized spacial score (nSPS) is 12.6. The van der Waals surface area contributed by atoms with Crippen molar-refractivity contribution in [2.24, 2.45) is 0 Å². The summed E-state index contributed by atoms with van der Waals surface area (Å²) in [5.74, 6) is 0. The molecule has 0 saturated carbocycles. The highest BCUT2D eigenvalue weighted by Gasteiger charge is 2.04. The summed E-state index contributed by atoms with van der Waals surface area (Å²) >= 11 is 0. The number of nitrogens with zero attached hydrogens (tertiary/aromatic N) is 1. The van der Waals surface area contributed by atoms with Gasteiger partial charge in [0.2, 0.25) is 0 Å². The minimum Gasteiger partial charge on any atom is -0.375 e. The lowest BCUT2D eigenvalue weighted by atomic mass is 10.1. The number of benzene rings is 1. The lowest BCUT2D eigenvalue weighted by Gasteiger charge is -2.22. The van der Waals surface area contributed by atoms with Crippen LogP contribution in [0.25, 0.3) is 0 Å². The summed E-state index contributed by atoms with van der Waals surface area (Å²) in [6.45, 7) is 7.61. The summed E-state index contributed by atoms with van der Waals surface area (Å²) in [5.41, 5.74) is 3.99. The van der Waals surface area contributed by atoms with Crippen LogP contribution in [-0.2, 0) is 0 Å². The molecule has 0 fully saturated rings. The van der Waals surface area contributed by atoms with E-state index in [9.17, 15) is 0 Å². The third kappa shape index (κ3) is 3.86. The molecular weight excluding hydrogens is 196 g/mol. The third-order valence-electron chi connectivity index (χ3n) is 3.04. The lowest BCUT2D eigenvalue weighted by molar-refractivity contribution is 0.565. The Kier molecular flexibility index (Phi) is 4.81. The lowest BCUT2D eigenvalue weighted by Crippen LogP contribution is -2.28. The quantitative estimate of drug-likeness (QED) is 0.821. The molecule has 0 amide bonds. The third-order valence-corrected chi connectivity index (χ3v) is 3.04. The molecular formula is C14H24N2. The van der Waals surface area contributed by atoms with E-state index in [0.29, 0.717) is 6.04 Å². The van der Waals surface area contributed by atoms with Crippen molar-refractivity contribution < 1.29 is 0 Å². The summed E-state index contributed by atoms with van der Waals surface area (Å²) in [5, 5.41) is 3.27. The van der Waals surface area contributed by atoms with Crippen LogP contribution in [0.4, 0.5) is 5.69 Å². The first kappa shape index (κ1) is 13.0. The van der Waals surface area contributed by atoms with Crippen LogP contribution in [-0.4, -0.2) is 26.7 Å². The first-order chi connectivity index (χ1) is 7.52. The van der Waals surface area contributed by atoms with Gasteiger partial charge in [-0.05, 0) is 57.5 Å². The van der Waals surface area contributed by atoms with Crippen molar-refractivity contribution in [3.8, 4) is 0 Å². The van der Waals surface area contributed by atoms with Crippen LogP contribution in [0, 0.1) is 13.8 Å². The smallest absolute Gasteiger partial charge is 0.0368 e. The van der Waals surface area contributed by atoms with Crippen LogP contribution in [0.15, 0.2) is 18.2 Å². The van der Waals surface area contributed by atoms with Crippen LogP contribution in [0.3, 0.4) is 0 Å². The van der Waals surface area contributed by atoms with Crippen LogP contribution in [0.1, 0.15) is 24.5 Å². The van der Waals surface area contributed by atoms with E-state index in [0.717, 1.165) is 6.54 Å². The van der Waals surface area contributed by atoms with Gasteiger partial charge in [0.25, 0.3) is 0 Å². The van der Waals surface area contributed by atoms with Gasteiger partial charge in [-0.25, -0.2) is 0 Å². The molecule has 90 valence electrons. The van der Waals surface area contributed by atoms with E-state index in [4.69, 9.17) is 0 Å². The highest BCUT2D eigenvalue weighted by molar-refractivity contribution is 5.50. The molecule has 0 aromatic heterocycles. The molecule has 16 heavy (non-hydrogen) atoms. The van der Waals surface area contributed by atoms with Gasteiger partial charge < -0.3 is 10.2 Å². The molecule has 1 aromatic rings. The zero-order valence-corrected chi connectivity index (χ0v) is 11.2. The molecule has 1 rings (SSSR count). The van der Waals surface area contributed by atoms with Gasteiger partial charge in [-0.3, -0.25) is 0 Å². The second-order valence-electron chi connectivity index (χ2n) is 4.75. The van der Waals surface area contributed by atoms with Crippen molar-refractivity contribution in [2.45, 2.75) is 33.2 Å². The molecule has 2 nitrogen and oxygen atoms in total. The van der Waals surface area contributed by atoms with E-state index in [1.807, 2.05) is 7.05 Å². The van der Waals surface area contributed by atoms with E-state index in [1.54, 1.807) is 0 Å². The van der Waals surface area contributed by atoms with Crippen molar-refractivity contribution in [1.29, 1.82) is 0 Å². The number of nitrogens with one attached hydrogen (secondary N) is 1. The number of rotatable bonds is 5. The molecule has 0 spiro atoms. The Morgan fingerprint density at radius 3 is 2.25 bits per heavy atom. The molecule has 0 bridgehead atoms. The summed E-state index contributed by atoms with van der Waals surface area (Å²) in [7, 11) is 4.18.